The third-order valence-electron chi connectivity index (χ3n) is 7.92. The summed E-state index contributed by atoms with van der Waals surface area (Å²) >= 11 is 2.09. The zero-order chi connectivity index (χ0) is 29.5. The number of rotatable bonds is 6. The molecule has 0 radical (unpaired) electrons. The van der Waals surface area contributed by atoms with Gasteiger partial charge in [-0.2, -0.15) is 0 Å². The molecular formula is C30H28FN3O6S2. The first-order valence-corrected chi connectivity index (χ1v) is 15.6. The number of esters is 1. The molecule has 9 nitrogen and oxygen atoms in total. The van der Waals surface area contributed by atoms with Crippen LogP contribution in [0.25, 0.3) is 0 Å². The molecule has 218 valence electrons. The average Bonchev–Trinajstić information content (AvgIpc) is 3.44. The lowest BCUT2D eigenvalue weighted by Gasteiger charge is -2.31. The molecule has 0 unspecified atom stereocenters. The SMILES string of the molecule is CCOC(=O)c1ccc(N2C(=O)[C@H]3[C@H](c4ccc(F)cc4)c4sc(=O)n(CC(=O)N5CCCCC5)c4S[C@H]3C2=O)cc1. The van der Waals surface area contributed by atoms with Gasteiger partial charge in [0.1, 0.15) is 17.6 Å². The third kappa shape index (κ3) is 4.96. The number of fused-ring (bicyclic) bond motifs is 2. The Bertz CT molecular complexity index is 1610. The second kappa shape index (κ2) is 11.5. The molecule has 3 atom stereocenters. The Labute approximate surface area is 249 Å². The molecule has 12 heteroatoms. The van der Waals surface area contributed by atoms with E-state index in [0.29, 0.717) is 39.8 Å². The number of hydrogen-bond donors (Lipinski definition) is 0. The Morgan fingerprint density at radius 3 is 2.31 bits per heavy atom. The number of carbonyl (C=O) groups is 4. The van der Waals surface area contributed by atoms with Gasteiger partial charge in [0, 0.05) is 23.9 Å². The van der Waals surface area contributed by atoms with Gasteiger partial charge in [-0.05, 0) is 68.1 Å². The molecule has 1 aromatic heterocycles. The van der Waals surface area contributed by atoms with Crippen LogP contribution in [0.1, 0.15) is 52.9 Å². The fraction of sp³-hybridized carbons (Fsp3) is 0.367. The Morgan fingerprint density at radius 2 is 1.64 bits per heavy atom. The summed E-state index contributed by atoms with van der Waals surface area (Å²) < 4.78 is 20.4. The number of imide groups is 1. The first-order chi connectivity index (χ1) is 20.3. The van der Waals surface area contributed by atoms with Crippen molar-refractivity contribution >= 4 is 52.5 Å². The zero-order valence-corrected chi connectivity index (χ0v) is 24.4. The van der Waals surface area contributed by atoms with Crippen LogP contribution in [0.4, 0.5) is 10.1 Å². The van der Waals surface area contributed by atoms with Crippen molar-refractivity contribution in [3.63, 3.8) is 0 Å². The first kappa shape index (κ1) is 28.4. The van der Waals surface area contributed by atoms with E-state index in [1.165, 1.54) is 41.0 Å². The minimum atomic E-state index is -0.866. The molecule has 2 aromatic carbocycles. The number of hydrogen-bond acceptors (Lipinski definition) is 8. The molecule has 0 aliphatic carbocycles. The predicted molar refractivity (Wildman–Crippen MR) is 155 cm³/mol. The van der Waals surface area contributed by atoms with E-state index in [0.717, 1.165) is 47.3 Å². The molecule has 0 bridgehead atoms. The number of benzene rings is 2. The van der Waals surface area contributed by atoms with E-state index in [1.54, 1.807) is 24.0 Å². The number of ether oxygens (including phenoxy) is 1. The summed E-state index contributed by atoms with van der Waals surface area (Å²) in [7, 11) is 0. The minimum Gasteiger partial charge on any atom is -0.462 e. The van der Waals surface area contributed by atoms with Crippen LogP contribution in [0, 0.1) is 11.7 Å². The summed E-state index contributed by atoms with van der Waals surface area (Å²) in [6.07, 6.45) is 2.90. The van der Waals surface area contributed by atoms with Gasteiger partial charge in [0.05, 0.1) is 28.8 Å². The quantitative estimate of drug-likeness (QED) is 0.307. The van der Waals surface area contributed by atoms with Crippen molar-refractivity contribution in [3.8, 4) is 0 Å². The summed E-state index contributed by atoms with van der Waals surface area (Å²) in [6, 6.07) is 11.8. The molecule has 2 saturated heterocycles. The van der Waals surface area contributed by atoms with Gasteiger partial charge in [-0.15, -0.1) is 0 Å². The fourth-order valence-corrected chi connectivity index (χ4v) is 8.65. The van der Waals surface area contributed by atoms with Crippen LogP contribution in [-0.2, 0) is 25.7 Å². The summed E-state index contributed by atoms with van der Waals surface area (Å²) in [5, 5.41) is -0.373. The first-order valence-electron chi connectivity index (χ1n) is 13.9. The summed E-state index contributed by atoms with van der Waals surface area (Å²) in [5.41, 5.74) is 1.21. The number of halogens is 1. The maximum atomic E-state index is 14.0. The maximum Gasteiger partial charge on any atom is 0.338 e. The van der Waals surface area contributed by atoms with E-state index in [1.807, 2.05) is 0 Å². The van der Waals surface area contributed by atoms with Crippen LogP contribution in [-0.4, -0.2) is 58.1 Å². The number of anilines is 1. The zero-order valence-electron chi connectivity index (χ0n) is 22.8. The smallest absolute Gasteiger partial charge is 0.338 e. The summed E-state index contributed by atoms with van der Waals surface area (Å²) in [4.78, 5) is 69.5. The molecule has 3 aliphatic heterocycles. The van der Waals surface area contributed by atoms with Gasteiger partial charge in [0.15, 0.2) is 0 Å². The van der Waals surface area contributed by atoms with Crippen LogP contribution in [0.5, 0.6) is 0 Å². The van der Waals surface area contributed by atoms with Crippen LogP contribution in [0.15, 0.2) is 58.4 Å². The number of likely N-dealkylation sites (tertiary alicyclic amines) is 1. The Kier molecular flexibility index (Phi) is 7.75. The molecule has 2 fully saturated rings. The van der Waals surface area contributed by atoms with E-state index in [9.17, 15) is 28.4 Å². The molecule has 42 heavy (non-hydrogen) atoms. The van der Waals surface area contributed by atoms with Gasteiger partial charge in [0.25, 0.3) is 0 Å². The van der Waals surface area contributed by atoms with Crippen LogP contribution < -0.4 is 9.77 Å². The molecular weight excluding hydrogens is 581 g/mol. The number of thiazole rings is 1. The molecule has 4 heterocycles. The van der Waals surface area contributed by atoms with Crippen molar-refractivity contribution in [2.45, 2.75) is 48.9 Å². The topological polar surface area (TPSA) is 106 Å². The number of aromatic nitrogens is 1. The number of thioether (sulfide) groups is 1. The van der Waals surface area contributed by atoms with Gasteiger partial charge >= 0.3 is 10.8 Å². The molecule has 3 aliphatic rings. The number of piperidine rings is 1. The molecule has 0 saturated carbocycles. The lowest BCUT2D eigenvalue weighted by atomic mass is 9.83. The van der Waals surface area contributed by atoms with Gasteiger partial charge in [-0.25, -0.2) is 14.1 Å². The van der Waals surface area contributed by atoms with E-state index < -0.39 is 40.7 Å². The van der Waals surface area contributed by atoms with Crippen LogP contribution >= 0.6 is 23.1 Å². The predicted octanol–water partition coefficient (Wildman–Crippen LogP) is 4.03. The fourth-order valence-electron chi connectivity index (χ4n) is 5.88. The van der Waals surface area contributed by atoms with Gasteiger partial charge in [0.2, 0.25) is 17.7 Å². The normalized spacial score (nSPS) is 21.7. The van der Waals surface area contributed by atoms with Crippen molar-refractivity contribution in [1.29, 1.82) is 0 Å². The lowest BCUT2D eigenvalue weighted by molar-refractivity contribution is -0.133. The highest BCUT2D eigenvalue weighted by Gasteiger charge is 2.56. The average molecular weight is 610 g/mol. The second-order valence-electron chi connectivity index (χ2n) is 10.4. The van der Waals surface area contributed by atoms with Gasteiger partial charge < -0.3 is 9.64 Å². The van der Waals surface area contributed by atoms with E-state index >= 15 is 0 Å². The van der Waals surface area contributed by atoms with E-state index in [4.69, 9.17) is 4.74 Å². The van der Waals surface area contributed by atoms with Crippen molar-refractivity contribution in [3.05, 3.63) is 80.0 Å². The molecule has 6 rings (SSSR count). The highest BCUT2D eigenvalue weighted by Crippen LogP contribution is 2.53. The number of amides is 3. The van der Waals surface area contributed by atoms with Gasteiger partial charge in [-0.1, -0.05) is 35.2 Å². The Balaban J connectivity index is 1.38. The van der Waals surface area contributed by atoms with Crippen molar-refractivity contribution in [2.75, 3.05) is 24.6 Å². The van der Waals surface area contributed by atoms with Crippen molar-refractivity contribution in [1.82, 2.24) is 9.47 Å². The monoisotopic (exact) mass is 609 g/mol. The number of carbonyl (C=O) groups excluding carboxylic acids is 4. The lowest BCUT2D eigenvalue weighted by Crippen LogP contribution is -2.39. The Morgan fingerprint density at radius 1 is 0.952 bits per heavy atom. The standard InChI is InChI=1S/C30H28FN3O6S2/c1-2-40-29(38)18-8-12-20(13-9-18)34-26(36)23-22(17-6-10-19(31)11-7-17)25-28(41-24(23)27(34)37)33(30(39)42-25)16-21(35)32-14-4-3-5-15-32/h6-13,22-24H,2-5,14-16H2,1H3/t22-,23-,24+/m0/s1. The van der Waals surface area contributed by atoms with E-state index in [2.05, 4.69) is 0 Å². The highest BCUT2D eigenvalue weighted by atomic mass is 32.2. The Hall–Kier alpha value is -3.77. The van der Waals surface area contributed by atoms with Crippen LogP contribution in [0.3, 0.4) is 0 Å². The third-order valence-corrected chi connectivity index (χ3v) is 10.5. The maximum absolute atomic E-state index is 14.0. The number of nitrogens with zero attached hydrogens (tertiary/aromatic N) is 3. The largest absolute Gasteiger partial charge is 0.462 e. The molecule has 0 spiro atoms. The molecule has 0 N–H and O–H groups in total. The molecule has 3 aromatic rings. The summed E-state index contributed by atoms with van der Waals surface area (Å²) in [5.74, 6) is -3.55. The van der Waals surface area contributed by atoms with Gasteiger partial charge in [-0.3, -0.25) is 23.7 Å². The molecule has 3 amide bonds. The highest BCUT2D eigenvalue weighted by molar-refractivity contribution is 8.00. The van der Waals surface area contributed by atoms with Crippen molar-refractivity contribution in [2.24, 2.45) is 5.92 Å². The second-order valence-corrected chi connectivity index (χ2v) is 12.6. The van der Waals surface area contributed by atoms with Crippen molar-refractivity contribution < 1.29 is 28.3 Å². The van der Waals surface area contributed by atoms with Crippen LogP contribution in [0.2, 0.25) is 0 Å². The summed E-state index contributed by atoms with van der Waals surface area (Å²) in [6.45, 7) is 3.06. The minimum absolute atomic E-state index is 0.146. The van der Waals surface area contributed by atoms with E-state index in [-0.39, 0.29) is 23.9 Å².